The molecule has 0 aliphatic carbocycles. The minimum absolute atomic E-state index is 0.0140. The Hall–Kier alpha value is -3.15. The Bertz CT molecular complexity index is 925. The third-order valence-corrected chi connectivity index (χ3v) is 4.62. The largest absolute Gasteiger partial charge is 0.508 e. The number of carbonyl (C=O) groups excluding carboxylic acids is 1. The lowest BCUT2D eigenvalue weighted by atomic mass is 9.86. The molecule has 2 aromatic carbocycles. The Morgan fingerprint density at radius 3 is 2.63 bits per heavy atom. The summed E-state index contributed by atoms with van der Waals surface area (Å²) in [6.07, 6.45) is 2.34. The van der Waals surface area contributed by atoms with Gasteiger partial charge in [-0.1, -0.05) is 17.7 Å². The number of hydrogen-bond acceptors (Lipinski definition) is 6. The molecule has 0 saturated carbocycles. The van der Waals surface area contributed by atoms with Crippen LogP contribution in [-0.2, 0) is 6.42 Å². The van der Waals surface area contributed by atoms with Crippen LogP contribution in [0.1, 0.15) is 41.3 Å². The topological polar surface area (TPSA) is 96.2 Å². The molecule has 1 aliphatic rings. The highest BCUT2D eigenvalue weighted by Crippen LogP contribution is 2.45. The Morgan fingerprint density at radius 2 is 2.00 bits per heavy atom. The van der Waals surface area contributed by atoms with E-state index in [1.807, 2.05) is 19.9 Å². The Morgan fingerprint density at radius 1 is 1.26 bits per heavy atom. The highest BCUT2D eigenvalue weighted by molar-refractivity contribution is 6.07. The van der Waals surface area contributed by atoms with Gasteiger partial charge in [0, 0.05) is 23.3 Å². The maximum absolute atomic E-state index is 13.1. The fraction of sp³-hybridized carbons (Fsp3) is 0.286. The quantitative estimate of drug-likeness (QED) is 0.711. The van der Waals surface area contributed by atoms with Crippen molar-refractivity contribution in [3.63, 3.8) is 0 Å². The van der Waals surface area contributed by atoms with E-state index >= 15 is 0 Å². The smallest absolute Gasteiger partial charge is 0.181 e. The van der Waals surface area contributed by atoms with Gasteiger partial charge in [-0.15, -0.1) is 0 Å². The zero-order chi connectivity index (χ0) is 19.7. The third-order valence-electron chi connectivity index (χ3n) is 4.62. The number of aromatic hydroxyl groups is 3. The van der Waals surface area contributed by atoms with Crippen LogP contribution in [0.25, 0.3) is 0 Å². The number of Topliss-reactive ketones (excluding diaryl/α,β-unsaturated/α-hetero) is 1. The number of carbonyl (C=O) groups is 1. The molecule has 0 aromatic heterocycles. The zero-order valence-electron chi connectivity index (χ0n) is 15.4. The summed E-state index contributed by atoms with van der Waals surface area (Å²) in [5, 5.41) is 30.4. The first-order valence-electron chi connectivity index (χ1n) is 8.58. The Kier molecular flexibility index (Phi) is 4.99. The summed E-state index contributed by atoms with van der Waals surface area (Å²) in [5.41, 5.74) is 2.00. The molecule has 3 N–H and O–H groups in total. The SMILES string of the molecule is COc1cc2c(c(O)c1CC=C(C)C)C(=O)[C@@H](c1ccc(O)cc1O)CO2. The standard InChI is InChI=1S/C21H22O6/c1-11(2)4-6-14-17(26-3)9-18-19(20(14)24)21(25)15(10-27-18)13-7-5-12(22)8-16(13)23/h4-5,7-9,15,22-24H,6,10H2,1-3H3/t15-/m1/s1. The number of allylic oxidation sites excluding steroid dienone is 2. The number of methoxy groups -OCH3 is 1. The number of phenolic OH excluding ortho intramolecular Hbond substituents is 3. The van der Waals surface area contributed by atoms with Crippen molar-refractivity contribution in [3.05, 3.63) is 52.6 Å². The van der Waals surface area contributed by atoms with E-state index in [0.29, 0.717) is 23.3 Å². The first-order chi connectivity index (χ1) is 12.8. The molecule has 0 unspecified atom stereocenters. The molecule has 0 amide bonds. The molecule has 0 spiro atoms. The normalized spacial score (nSPS) is 15.7. The van der Waals surface area contributed by atoms with Crippen LogP contribution < -0.4 is 9.47 Å². The summed E-state index contributed by atoms with van der Waals surface area (Å²) in [7, 11) is 1.50. The van der Waals surface area contributed by atoms with Crippen LogP contribution in [0.3, 0.4) is 0 Å². The molecule has 3 rings (SSSR count). The van der Waals surface area contributed by atoms with Crippen molar-refractivity contribution in [2.24, 2.45) is 0 Å². The van der Waals surface area contributed by atoms with Crippen molar-refractivity contribution in [1.82, 2.24) is 0 Å². The second-order valence-electron chi connectivity index (χ2n) is 6.74. The van der Waals surface area contributed by atoms with E-state index in [0.717, 1.165) is 5.57 Å². The monoisotopic (exact) mass is 370 g/mol. The molecule has 1 aliphatic heterocycles. The molecule has 6 heteroatoms. The zero-order valence-corrected chi connectivity index (χ0v) is 15.4. The van der Waals surface area contributed by atoms with Gasteiger partial charge < -0.3 is 24.8 Å². The maximum Gasteiger partial charge on any atom is 0.181 e. The molecular weight excluding hydrogens is 348 g/mol. The van der Waals surface area contributed by atoms with E-state index in [9.17, 15) is 20.1 Å². The fourth-order valence-corrected chi connectivity index (χ4v) is 3.18. The van der Waals surface area contributed by atoms with Crippen LogP contribution in [0.15, 0.2) is 35.9 Å². The number of phenols is 3. The molecule has 0 bridgehead atoms. The van der Waals surface area contributed by atoms with Gasteiger partial charge in [0.1, 0.15) is 40.9 Å². The molecule has 27 heavy (non-hydrogen) atoms. The Balaban J connectivity index is 2.08. The number of hydrogen-bond donors (Lipinski definition) is 3. The molecule has 0 saturated heterocycles. The van der Waals surface area contributed by atoms with Gasteiger partial charge in [-0.2, -0.15) is 0 Å². The van der Waals surface area contributed by atoms with Crippen molar-refractivity contribution >= 4 is 5.78 Å². The fourth-order valence-electron chi connectivity index (χ4n) is 3.18. The second kappa shape index (κ2) is 7.23. The van der Waals surface area contributed by atoms with E-state index in [-0.39, 0.29) is 41.0 Å². The van der Waals surface area contributed by atoms with Crippen LogP contribution >= 0.6 is 0 Å². The molecule has 6 nitrogen and oxygen atoms in total. The molecular formula is C21H22O6. The molecule has 1 heterocycles. The first-order valence-corrected chi connectivity index (χ1v) is 8.58. The van der Waals surface area contributed by atoms with Crippen LogP contribution in [0.4, 0.5) is 0 Å². The molecule has 0 radical (unpaired) electrons. The van der Waals surface area contributed by atoms with Crippen molar-refractivity contribution in [3.8, 4) is 28.7 Å². The first kappa shape index (κ1) is 18.6. The number of rotatable bonds is 4. The minimum atomic E-state index is -0.784. The number of ketones is 1. The Labute approximate surface area is 157 Å². The highest BCUT2D eigenvalue weighted by Gasteiger charge is 2.36. The van der Waals surface area contributed by atoms with Gasteiger partial charge in [0.2, 0.25) is 0 Å². The predicted molar refractivity (Wildman–Crippen MR) is 100 cm³/mol. The van der Waals surface area contributed by atoms with Gasteiger partial charge in [0.05, 0.1) is 13.0 Å². The van der Waals surface area contributed by atoms with Gasteiger partial charge in [-0.05, 0) is 26.3 Å². The number of benzene rings is 2. The van der Waals surface area contributed by atoms with E-state index in [1.54, 1.807) is 6.07 Å². The summed E-state index contributed by atoms with van der Waals surface area (Å²) in [6.45, 7) is 3.90. The van der Waals surface area contributed by atoms with E-state index in [1.165, 1.54) is 25.3 Å². The minimum Gasteiger partial charge on any atom is -0.508 e. The predicted octanol–water partition coefficient (Wildman–Crippen LogP) is 3.68. The summed E-state index contributed by atoms with van der Waals surface area (Å²) in [6, 6.07) is 5.65. The second-order valence-corrected chi connectivity index (χ2v) is 6.74. The number of ether oxygens (including phenoxy) is 2. The summed E-state index contributed by atoms with van der Waals surface area (Å²) in [4.78, 5) is 13.1. The maximum atomic E-state index is 13.1. The van der Waals surface area contributed by atoms with E-state index in [2.05, 4.69) is 0 Å². The summed E-state index contributed by atoms with van der Waals surface area (Å²) >= 11 is 0. The van der Waals surface area contributed by atoms with Gasteiger partial charge in [-0.25, -0.2) is 0 Å². The summed E-state index contributed by atoms with van der Waals surface area (Å²) in [5.74, 6) is -0.901. The lowest BCUT2D eigenvalue weighted by Gasteiger charge is -2.27. The molecule has 1 atom stereocenters. The van der Waals surface area contributed by atoms with Crippen molar-refractivity contribution < 1.29 is 29.6 Å². The highest BCUT2D eigenvalue weighted by atomic mass is 16.5. The molecule has 2 aromatic rings. The van der Waals surface area contributed by atoms with Crippen LogP contribution in [0.2, 0.25) is 0 Å². The van der Waals surface area contributed by atoms with Gasteiger partial charge in [-0.3, -0.25) is 4.79 Å². The molecule has 142 valence electrons. The van der Waals surface area contributed by atoms with Gasteiger partial charge in [0.15, 0.2) is 5.78 Å². The lowest BCUT2D eigenvalue weighted by Crippen LogP contribution is -2.26. The lowest BCUT2D eigenvalue weighted by molar-refractivity contribution is 0.0889. The summed E-state index contributed by atoms with van der Waals surface area (Å²) < 4.78 is 11.1. The van der Waals surface area contributed by atoms with Crippen molar-refractivity contribution in [2.45, 2.75) is 26.2 Å². The van der Waals surface area contributed by atoms with Crippen molar-refractivity contribution in [1.29, 1.82) is 0 Å². The van der Waals surface area contributed by atoms with Crippen LogP contribution in [0.5, 0.6) is 28.7 Å². The van der Waals surface area contributed by atoms with E-state index in [4.69, 9.17) is 9.47 Å². The van der Waals surface area contributed by atoms with Crippen LogP contribution in [0, 0.1) is 0 Å². The van der Waals surface area contributed by atoms with Crippen LogP contribution in [-0.4, -0.2) is 34.8 Å². The third kappa shape index (κ3) is 3.43. The average Bonchev–Trinajstić information content (AvgIpc) is 2.61. The van der Waals surface area contributed by atoms with Gasteiger partial charge >= 0.3 is 0 Å². The van der Waals surface area contributed by atoms with E-state index < -0.39 is 5.92 Å². The molecule has 0 fully saturated rings. The van der Waals surface area contributed by atoms with Gasteiger partial charge in [0.25, 0.3) is 0 Å². The van der Waals surface area contributed by atoms with Crippen molar-refractivity contribution in [2.75, 3.05) is 13.7 Å². The number of fused-ring (bicyclic) bond motifs is 1. The average molecular weight is 370 g/mol.